The van der Waals surface area contributed by atoms with Crippen molar-refractivity contribution in [3.63, 3.8) is 0 Å². The Bertz CT molecular complexity index is 2180. The van der Waals surface area contributed by atoms with Gasteiger partial charge in [-0.1, -0.05) is 18.2 Å². The van der Waals surface area contributed by atoms with Crippen LogP contribution in [0.15, 0.2) is 54.6 Å². The van der Waals surface area contributed by atoms with Gasteiger partial charge in [-0.3, -0.25) is 0 Å². The molecular formula is C39H36F2N4O7. The number of rotatable bonds is 9. The van der Waals surface area contributed by atoms with Crippen LogP contribution in [0.25, 0.3) is 27.1 Å². The average molecular weight is 711 g/mol. The number of halogens is 2. The van der Waals surface area contributed by atoms with E-state index in [4.69, 9.17) is 40.0 Å². The number of benzene rings is 3. The minimum atomic E-state index is -0.704. The average Bonchev–Trinajstić information content (AvgIpc) is 3.48. The summed E-state index contributed by atoms with van der Waals surface area (Å²) in [6.45, 7) is 9.59. The van der Waals surface area contributed by atoms with Crippen molar-refractivity contribution in [2.45, 2.75) is 45.1 Å². The number of pyridine rings is 1. The molecule has 5 aromatic rings. The van der Waals surface area contributed by atoms with Gasteiger partial charge < -0.3 is 33.0 Å². The van der Waals surface area contributed by atoms with Gasteiger partial charge in [0.1, 0.15) is 47.6 Å². The number of hydrogen-bond acceptors (Lipinski definition) is 9. The molecule has 0 N–H and O–H groups in total. The van der Waals surface area contributed by atoms with Crippen LogP contribution in [0.2, 0.25) is 0 Å². The Morgan fingerprint density at radius 1 is 0.981 bits per heavy atom. The topological polar surface area (TPSA) is 108 Å². The summed E-state index contributed by atoms with van der Waals surface area (Å²) in [7, 11) is 2.88. The number of aromatic nitrogens is 3. The second kappa shape index (κ2) is 15.4. The van der Waals surface area contributed by atoms with Gasteiger partial charge in [0.2, 0.25) is 5.88 Å². The van der Waals surface area contributed by atoms with Crippen molar-refractivity contribution in [2.75, 3.05) is 40.6 Å². The second-order valence-corrected chi connectivity index (χ2v) is 12.5. The largest absolute Gasteiger partial charge is 0.489 e. The molecule has 0 radical (unpaired) electrons. The Morgan fingerprint density at radius 3 is 2.62 bits per heavy atom. The van der Waals surface area contributed by atoms with E-state index in [-0.39, 0.29) is 55.0 Å². The number of ether oxygens (including phenoxy) is 6. The highest BCUT2D eigenvalue weighted by Gasteiger charge is 2.26. The van der Waals surface area contributed by atoms with Gasteiger partial charge in [0, 0.05) is 31.8 Å². The molecule has 2 aromatic heterocycles. The lowest BCUT2D eigenvalue weighted by atomic mass is 9.98. The summed E-state index contributed by atoms with van der Waals surface area (Å²) in [5, 5.41) is 0. The second-order valence-electron chi connectivity index (χ2n) is 12.5. The van der Waals surface area contributed by atoms with Crippen molar-refractivity contribution in [3.05, 3.63) is 111 Å². The van der Waals surface area contributed by atoms with Crippen LogP contribution in [0, 0.1) is 18.2 Å². The van der Waals surface area contributed by atoms with Crippen LogP contribution in [-0.4, -0.2) is 67.3 Å². The molecule has 4 bridgehead atoms. The summed E-state index contributed by atoms with van der Waals surface area (Å²) < 4.78 is 67.5. The van der Waals surface area contributed by atoms with Crippen LogP contribution in [0.3, 0.4) is 0 Å². The summed E-state index contributed by atoms with van der Waals surface area (Å²) in [6, 6.07) is 14.2. The minimum absolute atomic E-state index is 0.0302. The lowest BCUT2D eigenvalue weighted by molar-refractivity contribution is -0.0589. The van der Waals surface area contributed by atoms with Crippen molar-refractivity contribution < 1.29 is 42.0 Å². The van der Waals surface area contributed by atoms with Crippen molar-refractivity contribution >= 4 is 22.7 Å². The van der Waals surface area contributed by atoms with Crippen LogP contribution in [0.5, 0.6) is 11.6 Å². The molecule has 0 spiro atoms. The van der Waals surface area contributed by atoms with Crippen molar-refractivity contribution in [1.29, 1.82) is 0 Å². The maximum atomic E-state index is 16.1. The predicted molar refractivity (Wildman–Crippen MR) is 186 cm³/mol. The molecule has 0 amide bonds. The molecule has 52 heavy (non-hydrogen) atoms. The number of carbonyl (C=O) groups excluding carboxylic acids is 1. The maximum Gasteiger partial charge on any atom is 0.338 e. The molecule has 0 unspecified atom stereocenters. The van der Waals surface area contributed by atoms with Crippen LogP contribution in [0.1, 0.15) is 44.9 Å². The van der Waals surface area contributed by atoms with E-state index in [2.05, 4.69) is 9.83 Å². The highest BCUT2D eigenvalue weighted by Crippen LogP contribution is 2.34. The number of carbonyl (C=O) groups is 1. The molecule has 13 heteroatoms. The van der Waals surface area contributed by atoms with E-state index in [0.717, 1.165) is 17.5 Å². The van der Waals surface area contributed by atoms with Gasteiger partial charge in [0.15, 0.2) is 5.69 Å². The Morgan fingerprint density at radius 2 is 1.85 bits per heavy atom. The Labute approximate surface area is 298 Å². The number of hydrogen-bond donors (Lipinski definition) is 0. The molecular weight excluding hydrogens is 674 g/mol. The van der Waals surface area contributed by atoms with E-state index >= 15 is 8.78 Å². The molecule has 1 saturated heterocycles. The third-order valence-corrected chi connectivity index (χ3v) is 9.22. The first-order chi connectivity index (χ1) is 25.3. The predicted octanol–water partition coefficient (Wildman–Crippen LogP) is 6.77. The van der Waals surface area contributed by atoms with Crippen molar-refractivity contribution in [3.8, 4) is 22.9 Å². The van der Waals surface area contributed by atoms with Crippen LogP contribution < -0.4 is 9.47 Å². The molecule has 3 aromatic carbocycles. The highest BCUT2D eigenvalue weighted by molar-refractivity contribution is 5.96. The zero-order valence-electron chi connectivity index (χ0n) is 28.7. The van der Waals surface area contributed by atoms with Crippen LogP contribution >= 0.6 is 0 Å². The first kappa shape index (κ1) is 35.0. The van der Waals surface area contributed by atoms with E-state index in [1.807, 2.05) is 10.6 Å². The standard InChI is InChI=1S/C39H36F2N4O7/c1-42-28-5-4-24-22-52-36-7-6-31(40)37(44-36)30-15-27(21-49-10-8-23(24)14-28)25(16-32(30)41)19-35-43-38-33(45(35)20-29-9-11-50-29)17-26(39(46)48-3)18-34(38)51-13-12-47-2/h4-7,14-18,29H,8-13,19-22H2,2-3H3/t29-/m0/s1. The summed E-state index contributed by atoms with van der Waals surface area (Å²) in [5.41, 5.74) is 4.61. The Hall–Kier alpha value is -5.42. The third-order valence-electron chi connectivity index (χ3n) is 9.22. The third kappa shape index (κ3) is 7.32. The van der Waals surface area contributed by atoms with Gasteiger partial charge >= 0.3 is 5.97 Å². The molecule has 268 valence electrons. The number of methoxy groups -OCH3 is 2. The smallest absolute Gasteiger partial charge is 0.338 e. The molecule has 1 atom stereocenters. The quantitative estimate of drug-likeness (QED) is 0.0931. The molecule has 11 nitrogen and oxygen atoms in total. The summed E-state index contributed by atoms with van der Waals surface area (Å²) in [4.78, 5) is 25.6. The van der Waals surface area contributed by atoms with Gasteiger partial charge in [-0.05, 0) is 65.4 Å². The first-order valence-electron chi connectivity index (χ1n) is 16.9. The maximum absolute atomic E-state index is 16.1. The fourth-order valence-electron chi connectivity index (χ4n) is 6.37. The SMILES string of the molecule is [C-]#[N+]c1ccc2c(c1)CCOCc1cc(c(F)cc1Cc1nc3c(OCCOC)cc(C(=O)OC)cc3n1C[C@@H]1CCO1)-c1nc(ccc1F)OC2. The van der Waals surface area contributed by atoms with E-state index in [1.165, 1.54) is 25.3 Å². The number of imidazole rings is 1. The number of nitrogens with zero attached hydrogens (tertiary/aromatic N) is 4. The van der Waals surface area contributed by atoms with E-state index in [1.54, 1.807) is 37.4 Å². The molecule has 1 fully saturated rings. The molecule has 0 saturated carbocycles. The highest BCUT2D eigenvalue weighted by atomic mass is 19.1. The monoisotopic (exact) mass is 710 g/mol. The number of esters is 1. The zero-order valence-corrected chi connectivity index (χ0v) is 28.7. The minimum Gasteiger partial charge on any atom is -0.489 e. The van der Waals surface area contributed by atoms with Crippen LogP contribution in [-0.2, 0) is 51.5 Å². The van der Waals surface area contributed by atoms with E-state index in [9.17, 15) is 4.79 Å². The molecule has 0 aliphatic carbocycles. The normalized spacial score (nSPS) is 15.5. The zero-order chi connectivity index (χ0) is 36.2. The first-order valence-corrected chi connectivity index (χ1v) is 16.9. The lowest BCUT2D eigenvalue weighted by Gasteiger charge is -2.27. The van der Waals surface area contributed by atoms with Gasteiger partial charge in [0.25, 0.3) is 0 Å². The van der Waals surface area contributed by atoms with Gasteiger partial charge in [-0.25, -0.2) is 28.4 Å². The van der Waals surface area contributed by atoms with E-state index in [0.29, 0.717) is 72.2 Å². The molecule has 2 aliphatic rings. The number of fused-ring (bicyclic) bond motifs is 7. The van der Waals surface area contributed by atoms with Crippen LogP contribution in [0.4, 0.5) is 14.5 Å². The molecule has 4 heterocycles. The van der Waals surface area contributed by atoms with Gasteiger partial charge in [-0.15, -0.1) is 0 Å². The lowest BCUT2D eigenvalue weighted by Crippen LogP contribution is -2.31. The fraction of sp³-hybridized carbons (Fsp3) is 0.333. The summed E-state index contributed by atoms with van der Waals surface area (Å²) in [5.74, 6) is -0.823. The summed E-state index contributed by atoms with van der Waals surface area (Å²) in [6.07, 6.45) is 1.43. The van der Waals surface area contributed by atoms with Gasteiger partial charge in [-0.2, -0.15) is 0 Å². The Balaban J connectivity index is 1.32. The fourth-order valence-corrected chi connectivity index (χ4v) is 6.37. The van der Waals surface area contributed by atoms with E-state index < -0.39 is 17.6 Å². The van der Waals surface area contributed by atoms with Gasteiger partial charge in [0.05, 0.1) is 57.2 Å². The van der Waals surface area contributed by atoms with Crippen molar-refractivity contribution in [1.82, 2.24) is 14.5 Å². The molecule has 7 rings (SSSR count). The summed E-state index contributed by atoms with van der Waals surface area (Å²) >= 11 is 0. The van der Waals surface area contributed by atoms with Crippen molar-refractivity contribution in [2.24, 2.45) is 0 Å². The Kier molecular flexibility index (Phi) is 10.4. The molecule has 2 aliphatic heterocycles.